The van der Waals surface area contributed by atoms with Gasteiger partial charge < -0.3 is 4.90 Å². The summed E-state index contributed by atoms with van der Waals surface area (Å²) in [6, 6.07) is 0. The van der Waals surface area contributed by atoms with Gasteiger partial charge in [-0.3, -0.25) is 4.79 Å². The molecule has 13 heavy (non-hydrogen) atoms. The molecule has 0 aliphatic carbocycles. The number of nitrogens with zero attached hydrogens (tertiary/aromatic N) is 1. The number of Topliss-reactive ketones (excluding diaryl/α,β-unsaturated/α-hetero) is 1. The Bertz CT molecular complexity index is 181. The molecule has 1 aliphatic rings. The number of piperidine rings is 1. The number of hydrogen-bond acceptors (Lipinski definition) is 3. The maximum atomic E-state index is 11.0. The smallest absolute Gasteiger partial charge is 0.135 e. The Hall–Kier alpha value is -0.0200. The molecule has 1 saturated heterocycles. The van der Waals surface area contributed by atoms with Crippen molar-refractivity contribution in [1.29, 1.82) is 0 Å². The molecule has 0 atom stereocenters. The van der Waals surface area contributed by atoms with E-state index in [1.807, 2.05) is 11.8 Å². The van der Waals surface area contributed by atoms with E-state index < -0.39 is 0 Å². The molecule has 3 heteroatoms. The van der Waals surface area contributed by atoms with Crippen LogP contribution in [0.4, 0.5) is 0 Å². The SMILES string of the molecule is CSC(C)(C)CN1CCC(=O)CC1. The minimum Gasteiger partial charge on any atom is -0.301 e. The lowest BCUT2D eigenvalue weighted by molar-refractivity contribution is -0.121. The van der Waals surface area contributed by atoms with Gasteiger partial charge in [0.15, 0.2) is 0 Å². The zero-order valence-corrected chi connectivity index (χ0v) is 9.62. The quantitative estimate of drug-likeness (QED) is 0.694. The van der Waals surface area contributed by atoms with E-state index in [-0.39, 0.29) is 0 Å². The summed E-state index contributed by atoms with van der Waals surface area (Å²) in [7, 11) is 0. The van der Waals surface area contributed by atoms with Crippen LogP contribution < -0.4 is 0 Å². The normalized spacial score (nSPS) is 20.7. The van der Waals surface area contributed by atoms with Gasteiger partial charge in [-0.05, 0) is 20.1 Å². The lowest BCUT2D eigenvalue weighted by Crippen LogP contribution is -2.41. The van der Waals surface area contributed by atoms with Gasteiger partial charge in [0.25, 0.3) is 0 Å². The second-order valence-corrected chi connectivity index (χ2v) is 5.79. The van der Waals surface area contributed by atoms with Gasteiger partial charge in [-0.2, -0.15) is 11.8 Å². The summed E-state index contributed by atoms with van der Waals surface area (Å²) in [5.41, 5.74) is 0. The van der Waals surface area contributed by atoms with Crippen LogP contribution in [-0.4, -0.2) is 41.3 Å². The standard InChI is InChI=1S/C10H19NOS/c1-10(2,13-3)8-11-6-4-9(12)5-7-11/h4-8H2,1-3H3. The molecule has 1 aliphatic heterocycles. The fourth-order valence-electron chi connectivity index (χ4n) is 1.56. The number of rotatable bonds is 3. The Kier molecular flexibility index (Phi) is 3.80. The van der Waals surface area contributed by atoms with Gasteiger partial charge in [-0.25, -0.2) is 0 Å². The first-order valence-corrected chi connectivity index (χ1v) is 6.05. The molecular formula is C10H19NOS. The van der Waals surface area contributed by atoms with Crippen molar-refractivity contribution in [3.05, 3.63) is 0 Å². The van der Waals surface area contributed by atoms with Crippen LogP contribution in [0.5, 0.6) is 0 Å². The average molecular weight is 201 g/mol. The van der Waals surface area contributed by atoms with Crippen LogP contribution in [0.15, 0.2) is 0 Å². The topological polar surface area (TPSA) is 20.3 Å². The second-order valence-electron chi connectivity index (χ2n) is 4.28. The van der Waals surface area contributed by atoms with Crippen LogP contribution in [0, 0.1) is 0 Å². The fourth-order valence-corrected chi connectivity index (χ4v) is 1.88. The molecule has 0 aromatic rings. The zero-order valence-electron chi connectivity index (χ0n) is 8.80. The second kappa shape index (κ2) is 4.47. The molecule has 0 unspecified atom stereocenters. The van der Waals surface area contributed by atoms with Gasteiger partial charge in [0.2, 0.25) is 0 Å². The van der Waals surface area contributed by atoms with Gasteiger partial charge in [0.05, 0.1) is 0 Å². The first kappa shape index (κ1) is 11.1. The summed E-state index contributed by atoms with van der Waals surface area (Å²) in [5.74, 6) is 0.429. The van der Waals surface area contributed by atoms with Crippen molar-refractivity contribution in [1.82, 2.24) is 4.90 Å². The first-order chi connectivity index (χ1) is 6.03. The van der Waals surface area contributed by atoms with Crippen molar-refractivity contribution in [3.8, 4) is 0 Å². The minimum atomic E-state index is 0.320. The summed E-state index contributed by atoms with van der Waals surface area (Å²) >= 11 is 1.89. The van der Waals surface area contributed by atoms with Crippen molar-refractivity contribution < 1.29 is 4.79 Å². The third kappa shape index (κ3) is 3.69. The summed E-state index contributed by atoms with van der Waals surface area (Å²) < 4.78 is 0.320. The first-order valence-electron chi connectivity index (χ1n) is 4.83. The molecule has 0 aromatic carbocycles. The summed E-state index contributed by atoms with van der Waals surface area (Å²) in [5, 5.41) is 0. The molecule has 1 heterocycles. The van der Waals surface area contributed by atoms with Crippen molar-refractivity contribution in [2.75, 3.05) is 25.9 Å². The van der Waals surface area contributed by atoms with E-state index in [4.69, 9.17) is 0 Å². The number of likely N-dealkylation sites (tertiary alicyclic amines) is 1. The van der Waals surface area contributed by atoms with E-state index >= 15 is 0 Å². The molecule has 2 nitrogen and oxygen atoms in total. The van der Waals surface area contributed by atoms with Crippen LogP contribution in [0.2, 0.25) is 0 Å². The molecule has 1 fully saturated rings. The number of carbonyl (C=O) groups is 1. The Morgan fingerprint density at radius 2 is 1.92 bits per heavy atom. The highest BCUT2D eigenvalue weighted by Gasteiger charge is 2.23. The van der Waals surface area contributed by atoms with Crippen LogP contribution in [-0.2, 0) is 4.79 Å². The lowest BCUT2D eigenvalue weighted by atomic mass is 10.1. The zero-order chi connectivity index (χ0) is 9.90. The molecule has 0 amide bonds. The largest absolute Gasteiger partial charge is 0.301 e. The van der Waals surface area contributed by atoms with Crippen molar-refractivity contribution >= 4 is 17.5 Å². The Labute approximate surface area is 85.1 Å². The van der Waals surface area contributed by atoms with Gasteiger partial charge in [-0.15, -0.1) is 0 Å². The molecule has 76 valence electrons. The molecular weight excluding hydrogens is 182 g/mol. The van der Waals surface area contributed by atoms with Crippen molar-refractivity contribution in [2.24, 2.45) is 0 Å². The Morgan fingerprint density at radius 3 is 2.38 bits per heavy atom. The highest BCUT2D eigenvalue weighted by molar-refractivity contribution is 7.99. The fraction of sp³-hybridized carbons (Fsp3) is 0.900. The molecule has 1 rings (SSSR count). The van der Waals surface area contributed by atoms with Gasteiger partial charge in [0, 0.05) is 37.2 Å². The number of carbonyl (C=O) groups excluding carboxylic acids is 1. The van der Waals surface area contributed by atoms with Crippen molar-refractivity contribution in [2.45, 2.75) is 31.4 Å². The summed E-state index contributed by atoms with van der Waals surface area (Å²) in [4.78, 5) is 13.4. The lowest BCUT2D eigenvalue weighted by Gasteiger charge is -2.33. The third-order valence-electron chi connectivity index (χ3n) is 2.57. The van der Waals surface area contributed by atoms with E-state index in [9.17, 15) is 4.79 Å². The van der Waals surface area contributed by atoms with Crippen LogP contribution >= 0.6 is 11.8 Å². The third-order valence-corrected chi connectivity index (χ3v) is 3.80. The summed E-state index contributed by atoms with van der Waals surface area (Å²) in [6.07, 6.45) is 3.66. The maximum absolute atomic E-state index is 11.0. The van der Waals surface area contributed by atoms with Gasteiger partial charge in [-0.1, -0.05) is 0 Å². The highest BCUT2D eigenvalue weighted by Crippen LogP contribution is 2.23. The monoisotopic (exact) mass is 201 g/mol. The predicted molar refractivity (Wildman–Crippen MR) is 58.3 cm³/mol. The van der Waals surface area contributed by atoms with E-state index in [1.54, 1.807) is 0 Å². The molecule has 0 bridgehead atoms. The van der Waals surface area contributed by atoms with E-state index in [2.05, 4.69) is 25.0 Å². The number of ketones is 1. The Morgan fingerprint density at radius 1 is 1.38 bits per heavy atom. The molecule has 0 spiro atoms. The van der Waals surface area contributed by atoms with Crippen molar-refractivity contribution in [3.63, 3.8) is 0 Å². The van der Waals surface area contributed by atoms with Gasteiger partial charge in [0.1, 0.15) is 5.78 Å². The number of hydrogen-bond donors (Lipinski definition) is 0. The average Bonchev–Trinajstić information content (AvgIpc) is 2.09. The molecule has 0 radical (unpaired) electrons. The Balaban J connectivity index is 2.34. The summed E-state index contributed by atoms with van der Waals surface area (Å²) in [6.45, 7) is 7.54. The minimum absolute atomic E-state index is 0.320. The van der Waals surface area contributed by atoms with E-state index in [0.717, 1.165) is 32.5 Å². The van der Waals surface area contributed by atoms with Gasteiger partial charge >= 0.3 is 0 Å². The molecule has 0 saturated carbocycles. The van der Waals surface area contributed by atoms with E-state index in [0.29, 0.717) is 10.5 Å². The molecule has 0 N–H and O–H groups in total. The van der Waals surface area contributed by atoms with Crippen LogP contribution in [0.3, 0.4) is 0 Å². The maximum Gasteiger partial charge on any atom is 0.135 e. The van der Waals surface area contributed by atoms with Crippen LogP contribution in [0.1, 0.15) is 26.7 Å². The van der Waals surface area contributed by atoms with Crippen LogP contribution in [0.25, 0.3) is 0 Å². The van der Waals surface area contributed by atoms with E-state index in [1.165, 1.54) is 0 Å². The predicted octanol–water partition coefficient (Wildman–Crippen LogP) is 1.79. The number of thioether (sulfide) groups is 1. The highest BCUT2D eigenvalue weighted by atomic mass is 32.2. The molecule has 0 aromatic heterocycles.